The van der Waals surface area contributed by atoms with Crippen LogP contribution in [0.3, 0.4) is 0 Å². The van der Waals surface area contributed by atoms with Gasteiger partial charge in [-0.1, -0.05) is 20.8 Å². The molecule has 3 nitrogen and oxygen atoms in total. The molecule has 1 unspecified atom stereocenters. The van der Waals surface area contributed by atoms with E-state index in [1.54, 1.807) is 13.8 Å². The van der Waals surface area contributed by atoms with Crippen LogP contribution in [0, 0.1) is 11.8 Å². The lowest BCUT2D eigenvalue weighted by Gasteiger charge is -2.55. The van der Waals surface area contributed by atoms with Crippen molar-refractivity contribution in [3.63, 3.8) is 0 Å². The van der Waals surface area contributed by atoms with Gasteiger partial charge >= 0.3 is 0 Å². The molecule has 0 aromatic carbocycles. The highest BCUT2D eigenvalue weighted by molar-refractivity contribution is 6.37. The van der Waals surface area contributed by atoms with E-state index < -0.39 is 0 Å². The van der Waals surface area contributed by atoms with Crippen LogP contribution in [0.25, 0.3) is 0 Å². The van der Waals surface area contributed by atoms with E-state index in [9.17, 15) is 9.59 Å². The molecule has 1 aliphatic heterocycles. The zero-order chi connectivity index (χ0) is 14.3. The first-order valence-electron chi connectivity index (χ1n) is 6.90. The van der Waals surface area contributed by atoms with Crippen molar-refractivity contribution in [3.05, 3.63) is 0 Å². The smallest absolute Gasteiger partial charge is 0.291 e. The van der Waals surface area contributed by atoms with E-state index in [1.807, 2.05) is 4.90 Å². The van der Waals surface area contributed by atoms with Crippen LogP contribution in [-0.4, -0.2) is 27.7 Å². The van der Waals surface area contributed by atoms with Gasteiger partial charge in [0.05, 0.1) is 0 Å². The van der Waals surface area contributed by atoms with Gasteiger partial charge in [0, 0.05) is 17.0 Å². The van der Waals surface area contributed by atoms with Gasteiger partial charge in [0.2, 0.25) is 5.78 Å². The molecule has 0 spiro atoms. The highest BCUT2D eigenvalue weighted by Gasteiger charge is 2.49. The van der Waals surface area contributed by atoms with Gasteiger partial charge in [-0.3, -0.25) is 9.59 Å². The first-order valence-corrected chi connectivity index (χ1v) is 6.90. The minimum Gasteiger partial charge on any atom is -0.326 e. The van der Waals surface area contributed by atoms with Crippen LogP contribution in [0.5, 0.6) is 0 Å². The van der Waals surface area contributed by atoms with E-state index >= 15 is 0 Å². The summed E-state index contributed by atoms with van der Waals surface area (Å²) in [7, 11) is 0. The SMILES string of the molecule is CC(C)C(=O)C(=O)N1C(C)(C)CCC(C)C1(C)C. The number of piperidine rings is 1. The van der Waals surface area contributed by atoms with E-state index in [4.69, 9.17) is 0 Å². The number of amides is 1. The zero-order valence-corrected chi connectivity index (χ0v) is 12.8. The molecule has 1 fully saturated rings. The Morgan fingerprint density at radius 3 is 2.11 bits per heavy atom. The fourth-order valence-corrected chi connectivity index (χ4v) is 2.93. The van der Waals surface area contributed by atoms with Gasteiger partial charge in [0.25, 0.3) is 5.91 Å². The van der Waals surface area contributed by atoms with Crippen LogP contribution in [0.1, 0.15) is 61.3 Å². The molecule has 18 heavy (non-hydrogen) atoms. The Balaban J connectivity index is 3.15. The summed E-state index contributed by atoms with van der Waals surface area (Å²) in [6, 6.07) is 0. The number of Topliss-reactive ketones (excluding diaryl/α,β-unsaturated/α-hetero) is 1. The number of carbonyl (C=O) groups excluding carboxylic acids is 2. The second-order valence-corrected chi connectivity index (χ2v) is 7.07. The maximum absolute atomic E-state index is 12.5. The molecule has 0 radical (unpaired) electrons. The number of hydrogen-bond acceptors (Lipinski definition) is 2. The van der Waals surface area contributed by atoms with Crippen molar-refractivity contribution in [2.75, 3.05) is 0 Å². The third kappa shape index (κ3) is 2.45. The molecule has 0 aromatic rings. The van der Waals surface area contributed by atoms with E-state index in [2.05, 4.69) is 34.6 Å². The summed E-state index contributed by atoms with van der Waals surface area (Å²) in [5.41, 5.74) is -0.499. The largest absolute Gasteiger partial charge is 0.326 e. The quantitative estimate of drug-likeness (QED) is 0.709. The third-order valence-corrected chi connectivity index (χ3v) is 4.52. The van der Waals surface area contributed by atoms with Crippen molar-refractivity contribution >= 4 is 11.7 Å². The second kappa shape index (κ2) is 4.67. The van der Waals surface area contributed by atoms with Crippen LogP contribution < -0.4 is 0 Å². The number of ketones is 1. The summed E-state index contributed by atoms with van der Waals surface area (Å²) in [5, 5.41) is 0. The number of nitrogens with zero attached hydrogens (tertiary/aromatic N) is 1. The summed E-state index contributed by atoms with van der Waals surface area (Å²) in [6.07, 6.45) is 2.05. The topological polar surface area (TPSA) is 37.4 Å². The maximum atomic E-state index is 12.5. The summed E-state index contributed by atoms with van der Waals surface area (Å²) in [4.78, 5) is 26.4. The lowest BCUT2D eigenvalue weighted by molar-refractivity contribution is -0.162. The highest BCUT2D eigenvalue weighted by Crippen LogP contribution is 2.42. The molecule has 0 N–H and O–H groups in total. The number of hydrogen-bond donors (Lipinski definition) is 0. The normalized spacial score (nSPS) is 26.2. The molecule has 0 aliphatic carbocycles. The van der Waals surface area contributed by atoms with Crippen LogP contribution >= 0.6 is 0 Å². The van der Waals surface area contributed by atoms with Crippen molar-refractivity contribution in [1.82, 2.24) is 4.90 Å². The van der Waals surface area contributed by atoms with Gasteiger partial charge in [-0.25, -0.2) is 0 Å². The Bertz CT molecular complexity index is 356. The standard InChI is InChI=1S/C15H27NO2/c1-10(2)12(17)13(18)16-14(4,5)9-8-11(3)15(16,6)7/h10-11H,8-9H2,1-7H3. The minimum absolute atomic E-state index is 0.235. The number of carbonyl (C=O) groups is 2. The molecular formula is C15H27NO2. The predicted molar refractivity (Wildman–Crippen MR) is 73.2 cm³/mol. The minimum atomic E-state index is -0.313. The van der Waals surface area contributed by atoms with E-state index in [1.165, 1.54) is 0 Å². The van der Waals surface area contributed by atoms with Gasteiger partial charge in [-0.15, -0.1) is 0 Å². The van der Waals surface area contributed by atoms with Gasteiger partial charge < -0.3 is 4.90 Å². The lowest BCUT2D eigenvalue weighted by Crippen LogP contribution is -2.65. The second-order valence-electron chi connectivity index (χ2n) is 7.07. The number of rotatable bonds is 2. The van der Waals surface area contributed by atoms with E-state index in [0.717, 1.165) is 12.8 Å². The fraction of sp³-hybridized carbons (Fsp3) is 0.867. The molecule has 1 heterocycles. The summed E-state index contributed by atoms with van der Waals surface area (Å²) in [6.45, 7) is 14.0. The van der Waals surface area contributed by atoms with Crippen molar-refractivity contribution in [2.24, 2.45) is 11.8 Å². The van der Waals surface area contributed by atoms with Crippen LogP contribution in [0.15, 0.2) is 0 Å². The molecule has 3 heteroatoms. The van der Waals surface area contributed by atoms with E-state index in [0.29, 0.717) is 5.92 Å². The summed E-state index contributed by atoms with van der Waals surface area (Å²) < 4.78 is 0. The van der Waals surface area contributed by atoms with Gasteiger partial charge in [-0.2, -0.15) is 0 Å². The summed E-state index contributed by atoms with van der Waals surface area (Å²) >= 11 is 0. The average molecular weight is 253 g/mol. The monoisotopic (exact) mass is 253 g/mol. The predicted octanol–water partition coefficient (Wildman–Crippen LogP) is 3.03. The first-order chi connectivity index (χ1) is 8.01. The summed E-state index contributed by atoms with van der Waals surface area (Å²) in [5.74, 6) is -0.410. The van der Waals surface area contributed by atoms with Gasteiger partial charge in [-0.05, 0) is 46.5 Å². The molecule has 1 saturated heterocycles. The van der Waals surface area contributed by atoms with Gasteiger partial charge in [0.15, 0.2) is 0 Å². The molecule has 1 amide bonds. The van der Waals surface area contributed by atoms with Crippen LogP contribution in [-0.2, 0) is 9.59 Å². The highest BCUT2D eigenvalue weighted by atomic mass is 16.2. The van der Waals surface area contributed by atoms with Crippen molar-refractivity contribution in [2.45, 2.75) is 72.4 Å². The zero-order valence-electron chi connectivity index (χ0n) is 12.8. The molecular weight excluding hydrogens is 226 g/mol. The average Bonchev–Trinajstić information content (AvgIpc) is 2.22. The molecule has 0 aromatic heterocycles. The Morgan fingerprint density at radius 1 is 1.17 bits per heavy atom. The third-order valence-electron chi connectivity index (χ3n) is 4.52. The molecule has 1 aliphatic rings. The Labute approximate surface area is 111 Å². The lowest BCUT2D eigenvalue weighted by atomic mass is 9.73. The van der Waals surface area contributed by atoms with Crippen LogP contribution in [0.4, 0.5) is 0 Å². The Kier molecular flexibility index (Phi) is 3.94. The number of likely N-dealkylation sites (tertiary alicyclic amines) is 1. The first kappa shape index (κ1) is 15.2. The molecule has 0 bridgehead atoms. The van der Waals surface area contributed by atoms with E-state index in [-0.39, 0.29) is 28.7 Å². The molecule has 0 saturated carbocycles. The Hall–Kier alpha value is -0.860. The van der Waals surface area contributed by atoms with Crippen molar-refractivity contribution in [1.29, 1.82) is 0 Å². The van der Waals surface area contributed by atoms with Crippen LogP contribution in [0.2, 0.25) is 0 Å². The van der Waals surface area contributed by atoms with Gasteiger partial charge in [0.1, 0.15) is 0 Å². The molecule has 1 atom stereocenters. The fourth-order valence-electron chi connectivity index (χ4n) is 2.93. The maximum Gasteiger partial charge on any atom is 0.291 e. The Morgan fingerprint density at radius 2 is 1.67 bits per heavy atom. The molecule has 1 rings (SSSR count). The van der Waals surface area contributed by atoms with Crippen molar-refractivity contribution < 1.29 is 9.59 Å². The van der Waals surface area contributed by atoms with Crippen molar-refractivity contribution in [3.8, 4) is 0 Å². The molecule has 104 valence electrons.